The van der Waals surface area contributed by atoms with E-state index in [-0.39, 0.29) is 11.5 Å². The van der Waals surface area contributed by atoms with Crippen LogP contribution in [0.15, 0.2) is 12.1 Å². The number of hydrogen-bond donors (Lipinski definition) is 1. The largest absolute Gasteiger partial charge is 0.478 e. The van der Waals surface area contributed by atoms with E-state index in [1.54, 1.807) is 19.1 Å². The molecule has 128 valence electrons. The molecule has 1 N–H and O–H groups in total. The highest BCUT2D eigenvalue weighted by Gasteiger charge is 2.12. The first-order valence-corrected chi connectivity index (χ1v) is 7.96. The van der Waals surface area contributed by atoms with Crippen LogP contribution in [0.3, 0.4) is 0 Å². The number of carbonyl (C=O) groups excluding carboxylic acids is 1. The summed E-state index contributed by atoms with van der Waals surface area (Å²) in [6.45, 7) is 6.05. The maximum Gasteiger partial charge on any atom is 0.335 e. The van der Waals surface area contributed by atoms with Crippen molar-refractivity contribution in [2.75, 3.05) is 33.7 Å². The molecule has 1 aromatic heterocycles. The van der Waals surface area contributed by atoms with Gasteiger partial charge in [-0.05, 0) is 52.9 Å². The van der Waals surface area contributed by atoms with Gasteiger partial charge in [0.15, 0.2) is 0 Å². The van der Waals surface area contributed by atoms with Crippen molar-refractivity contribution in [3.05, 3.63) is 29.1 Å². The molecule has 1 heterocycles. The maximum absolute atomic E-state index is 12.2. The smallest absolute Gasteiger partial charge is 0.335 e. The average molecular weight is 321 g/mol. The Bertz CT molecular complexity index is 544. The fourth-order valence-electron chi connectivity index (χ4n) is 2.35. The van der Waals surface area contributed by atoms with E-state index >= 15 is 0 Å². The summed E-state index contributed by atoms with van der Waals surface area (Å²) in [5, 5.41) is 9.06. The second-order valence-corrected chi connectivity index (χ2v) is 5.92. The number of amides is 1. The van der Waals surface area contributed by atoms with Gasteiger partial charge in [-0.3, -0.25) is 9.78 Å². The Morgan fingerprint density at radius 1 is 1.22 bits per heavy atom. The Labute approximate surface area is 138 Å². The highest BCUT2D eigenvalue weighted by molar-refractivity contribution is 5.87. The standard InChI is InChI=1S/C17H27N3O3/c1-5-20(10-9-19(3)4)16(21)8-6-7-15-12-14(17(22)23)11-13(2)18-15/h11-12H,5-10H2,1-4H3,(H,22,23). The molecule has 0 aliphatic carbocycles. The minimum Gasteiger partial charge on any atom is -0.478 e. The van der Waals surface area contributed by atoms with Crippen LogP contribution in [-0.4, -0.2) is 65.5 Å². The third-order valence-electron chi connectivity index (χ3n) is 3.63. The van der Waals surface area contributed by atoms with Crippen LogP contribution in [0, 0.1) is 6.92 Å². The second kappa shape index (κ2) is 9.25. The predicted molar refractivity (Wildman–Crippen MR) is 89.7 cm³/mol. The number of aryl methyl sites for hydroxylation is 2. The quantitative estimate of drug-likeness (QED) is 0.751. The molecule has 0 saturated heterocycles. The van der Waals surface area contributed by atoms with Gasteiger partial charge < -0.3 is 14.9 Å². The molecule has 1 aromatic rings. The van der Waals surface area contributed by atoms with Crippen LogP contribution in [0.5, 0.6) is 0 Å². The van der Waals surface area contributed by atoms with E-state index in [0.717, 1.165) is 18.8 Å². The minimum atomic E-state index is -0.950. The summed E-state index contributed by atoms with van der Waals surface area (Å²) in [6, 6.07) is 3.14. The van der Waals surface area contributed by atoms with Crippen molar-refractivity contribution >= 4 is 11.9 Å². The SMILES string of the molecule is CCN(CCN(C)C)C(=O)CCCc1cc(C(=O)O)cc(C)n1. The normalized spacial score (nSPS) is 10.8. The van der Waals surface area contributed by atoms with Gasteiger partial charge in [0.05, 0.1) is 5.56 Å². The molecule has 23 heavy (non-hydrogen) atoms. The topological polar surface area (TPSA) is 73.7 Å². The van der Waals surface area contributed by atoms with E-state index in [1.165, 1.54) is 0 Å². The summed E-state index contributed by atoms with van der Waals surface area (Å²) >= 11 is 0. The summed E-state index contributed by atoms with van der Waals surface area (Å²) in [4.78, 5) is 31.5. The number of likely N-dealkylation sites (N-methyl/N-ethyl adjacent to an activating group) is 2. The number of carbonyl (C=O) groups is 2. The molecule has 0 radical (unpaired) electrons. The lowest BCUT2D eigenvalue weighted by molar-refractivity contribution is -0.131. The van der Waals surface area contributed by atoms with Crippen LogP contribution in [0.25, 0.3) is 0 Å². The van der Waals surface area contributed by atoms with Gasteiger partial charge in [0.25, 0.3) is 0 Å². The zero-order valence-electron chi connectivity index (χ0n) is 14.5. The van der Waals surface area contributed by atoms with E-state index in [4.69, 9.17) is 5.11 Å². The van der Waals surface area contributed by atoms with Crippen molar-refractivity contribution in [3.8, 4) is 0 Å². The van der Waals surface area contributed by atoms with Crippen LogP contribution in [0.2, 0.25) is 0 Å². The van der Waals surface area contributed by atoms with Crippen molar-refractivity contribution in [2.45, 2.75) is 33.1 Å². The lowest BCUT2D eigenvalue weighted by Gasteiger charge is -2.22. The Kier molecular flexibility index (Phi) is 7.68. The molecule has 0 saturated carbocycles. The van der Waals surface area contributed by atoms with Crippen molar-refractivity contribution in [2.24, 2.45) is 0 Å². The number of carboxylic acid groups (broad SMARTS) is 1. The third kappa shape index (κ3) is 6.78. The Hall–Kier alpha value is -1.95. The number of nitrogens with zero attached hydrogens (tertiary/aromatic N) is 3. The molecule has 1 rings (SSSR count). The maximum atomic E-state index is 12.2. The molecule has 6 heteroatoms. The summed E-state index contributed by atoms with van der Waals surface area (Å²) in [5.74, 6) is -0.811. The summed E-state index contributed by atoms with van der Waals surface area (Å²) in [7, 11) is 3.98. The second-order valence-electron chi connectivity index (χ2n) is 5.92. The van der Waals surface area contributed by atoms with Crippen molar-refractivity contribution in [1.29, 1.82) is 0 Å². The lowest BCUT2D eigenvalue weighted by atomic mass is 10.1. The molecule has 0 aliphatic rings. The molecule has 0 unspecified atom stereocenters. The van der Waals surface area contributed by atoms with Gasteiger partial charge in [-0.1, -0.05) is 0 Å². The van der Waals surface area contributed by atoms with Crippen molar-refractivity contribution in [1.82, 2.24) is 14.8 Å². The highest BCUT2D eigenvalue weighted by Crippen LogP contribution is 2.10. The lowest BCUT2D eigenvalue weighted by Crippen LogP contribution is -2.36. The Balaban J connectivity index is 2.52. The van der Waals surface area contributed by atoms with E-state index in [1.807, 2.05) is 25.9 Å². The van der Waals surface area contributed by atoms with E-state index < -0.39 is 5.97 Å². The number of hydrogen-bond acceptors (Lipinski definition) is 4. The van der Waals surface area contributed by atoms with Gasteiger partial charge in [0.1, 0.15) is 0 Å². The molecule has 0 aromatic carbocycles. The molecule has 0 spiro atoms. The van der Waals surface area contributed by atoms with Crippen LogP contribution in [-0.2, 0) is 11.2 Å². The van der Waals surface area contributed by atoms with Gasteiger partial charge in [-0.15, -0.1) is 0 Å². The number of aromatic carboxylic acids is 1. The monoisotopic (exact) mass is 321 g/mol. The molecular weight excluding hydrogens is 294 g/mol. The summed E-state index contributed by atoms with van der Waals surface area (Å²) < 4.78 is 0. The molecule has 1 amide bonds. The third-order valence-corrected chi connectivity index (χ3v) is 3.63. The molecule has 0 aliphatic heterocycles. The average Bonchev–Trinajstić information content (AvgIpc) is 2.47. The minimum absolute atomic E-state index is 0.139. The summed E-state index contributed by atoms with van der Waals surface area (Å²) in [6.07, 6.45) is 1.74. The van der Waals surface area contributed by atoms with Crippen LogP contribution in [0.1, 0.15) is 41.5 Å². The van der Waals surface area contributed by atoms with Gasteiger partial charge in [-0.25, -0.2) is 4.79 Å². The van der Waals surface area contributed by atoms with Gasteiger partial charge >= 0.3 is 5.97 Å². The van der Waals surface area contributed by atoms with Gasteiger partial charge in [0.2, 0.25) is 5.91 Å². The fourth-order valence-corrected chi connectivity index (χ4v) is 2.35. The van der Waals surface area contributed by atoms with Gasteiger partial charge in [-0.2, -0.15) is 0 Å². The number of aromatic nitrogens is 1. The zero-order valence-corrected chi connectivity index (χ0v) is 14.5. The Morgan fingerprint density at radius 3 is 2.48 bits per heavy atom. The van der Waals surface area contributed by atoms with E-state index in [9.17, 15) is 9.59 Å². The van der Waals surface area contributed by atoms with Crippen molar-refractivity contribution < 1.29 is 14.7 Å². The predicted octanol–water partition coefficient (Wildman–Crippen LogP) is 1.82. The van der Waals surface area contributed by atoms with Crippen LogP contribution in [0.4, 0.5) is 0 Å². The van der Waals surface area contributed by atoms with Gasteiger partial charge in [0, 0.05) is 37.4 Å². The zero-order chi connectivity index (χ0) is 17.4. The number of rotatable bonds is 9. The Morgan fingerprint density at radius 2 is 1.91 bits per heavy atom. The summed E-state index contributed by atoms with van der Waals surface area (Å²) in [5.41, 5.74) is 1.67. The van der Waals surface area contributed by atoms with E-state index in [2.05, 4.69) is 9.88 Å². The first kappa shape index (κ1) is 19.1. The fraction of sp³-hybridized carbons (Fsp3) is 0.588. The highest BCUT2D eigenvalue weighted by atomic mass is 16.4. The number of carboxylic acids is 1. The molecule has 0 fully saturated rings. The number of pyridine rings is 1. The first-order chi connectivity index (χ1) is 10.8. The van der Waals surface area contributed by atoms with Crippen molar-refractivity contribution in [3.63, 3.8) is 0 Å². The van der Waals surface area contributed by atoms with E-state index in [0.29, 0.717) is 31.5 Å². The van der Waals surface area contributed by atoms with Crippen LogP contribution < -0.4 is 0 Å². The molecule has 6 nitrogen and oxygen atoms in total. The van der Waals surface area contributed by atoms with Crippen LogP contribution >= 0.6 is 0 Å². The molecular formula is C17H27N3O3. The first-order valence-electron chi connectivity index (χ1n) is 7.96. The molecule has 0 atom stereocenters. The molecule has 0 bridgehead atoms.